The largest absolute Gasteiger partial charge is 0.353 e. The molecule has 1 heterocycles. The van der Waals surface area contributed by atoms with Gasteiger partial charge in [0.1, 0.15) is 12.3 Å². The summed E-state index contributed by atoms with van der Waals surface area (Å²) in [6, 6.07) is 2.40. The second kappa shape index (κ2) is 2.27. The van der Waals surface area contributed by atoms with Crippen LogP contribution in [0.15, 0.2) is 22.1 Å². The predicted octanol–water partition coefficient (Wildman–Crippen LogP) is 1.99. The molecule has 0 saturated carbocycles. The monoisotopic (exact) mass is 138 g/mol. The Morgan fingerprint density at radius 3 is 2.50 bits per heavy atom. The van der Waals surface area contributed by atoms with Crippen LogP contribution in [-0.2, 0) is 4.84 Å². The minimum absolute atomic E-state index is 0.0168. The molecule has 0 aromatic carbocycles. The highest BCUT2D eigenvalue weighted by molar-refractivity contribution is 5.44. The molecular weight excluding hydrogens is 128 g/mol. The van der Waals surface area contributed by atoms with Crippen molar-refractivity contribution in [3.63, 3.8) is 0 Å². The van der Waals surface area contributed by atoms with Gasteiger partial charge in [-0.3, -0.25) is 0 Å². The van der Waals surface area contributed by atoms with Crippen molar-refractivity contribution in [1.29, 1.82) is 0 Å². The number of hydrogen-bond acceptors (Lipinski definition) is 3. The zero-order valence-electron chi connectivity index (χ0n) is 6.38. The topological polar surface area (TPSA) is 34.0 Å². The van der Waals surface area contributed by atoms with E-state index in [1.807, 2.05) is 0 Å². The molecule has 1 aliphatic heterocycles. The highest BCUT2D eigenvalue weighted by Crippen LogP contribution is 2.26. The van der Waals surface area contributed by atoms with Crippen LogP contribution in [0.5, 0.6) is 0 Å². The molecule has 0 atom stereocenters. The molecule has 0 N–H and O–H groups in total. The summed E-state index contributed by atoms with van der Waals surface area (Å²) in [4.78, 5) is 8.59. The molecule has 3 heteroatoms. The van der Waals surface area contributed by atoms with Crippen LogP contribution < -0.4 is 0 Å². The summed E-state index contributed by atoms with van der Waals surface area (Å²) in [6.07, 6.45) is 1.54. The lowest BCUT2D eigenvalue weighted by atomic mass is 9.93. The van der Waals surface area contributed by atoms with Crippen LogP contribution in [0.2, 0.25) is 0 Å². The smallest absolute Gasteiger partial charge is 0.145 e. The maximum Gasteiger partial charge on any atom is 0.145 e. The van der Waals surface area contributed by atoms with E-state index in [0.717, 1.165) is 5.70 Å². The van der Waals surface area contributed by atoms with E-state index in [-0.39, 0.29) is 5.41 Å². The number of nitrogens with zero attached hydrogens (tertiary/aromatic N) is 2. The average molecular weight is 138 g/mol. The van der Waals surface area contributed by atoms with Gasteiger partial charge < -0.3 is 4.84 Å². The van der Waals surface area contributed by atoms with E-state index >= 15 is 0 Å². The zero-order valence-corrected chi connectivity index (χ0v) is 6.38. The van der Waals surface area contributed by atoms with Crippen LogP contribution in [0.4, 0.5) is 0 Å². The summed E-state index contributed by atoms with van der Waals surface area (Å²) in [5.74, 6) is 0. The van der Waals surface area contributed by atoms with Crippen molar-refractivity contribution < 1.29 is 4.84 Å². The fraction of sp³-hybridized carbons (Fsp3) is 0.571. The molecule has 54 valence electrons. The molecule has 0 unspecified atom stereocenters. The summed E-state index contributed by atoms with van der Waals surface area (Å²) in [5.41, 5.74) is 0.880. The third-order valence-corrected chi connectivity index (χ3v) is 1.20. The van der Waals surface area contributed by atoms with Crippen molar-refractivity contribution in [2.24, 2.45) is 15.6 Å². The van der Waals surface area contributed by atoms with E-state index in [0.29, 0.717) is 0 Å². The zero-order chi connectivity index (χ0) is 7.61. The third-order valence-electron chi connectivity index (χ3n) is 1.20. The van der Waals surface area contributed by atoms with Crippen LogP contribution >= 0.6 is 0 Å². The van der Waals surface area contributed by atoms with E-state index in [9.17, 15) is 0 Å². The summed E-state index contributed by atoms with van der Waals surface area (Å²) in [5, 5.41) is 3.35. The Bertz CT molecular complexity index is 216. The van der Waals surface area contributed by atoms with Gasteiger partial charge in [-0.2, -0.15) is 4.99 Å². The molecule has 0 saturated heterocycles. The molecule has 3 nitrogen and oxygen atoms in total. The molecule has 0 fully saturated rings. The first-order valence-corrected chi connectivity index (χ1v) is 3.13. The molecule has 0 bridgehead atoms. The number of allylic oxidation sites excluding steroid dienone is 1. The molecule has 1 rings (SSSR count). The highest BCUT2D eigenvalue weighted by Gasteiger charge is 2.17. The van der Waals surface area contributed by atoms with E-state index in [4.69, 9.17) is 0 Å². The van der Waals surface area contributed by atoms with Gasteiger partial charge in [-0.15, -0.1) is 0 Å². The second-order valence-corrected chi connectivity index (χ2v) is 3.16. The van der Waals surface area contributed by atoms with E-state index in [1.165, 1.54) is 6.26 Å². The highest BCUT2D eigenvalue weighted by atomic mass is 16.6. The van der Waals surface area contributed by atoms with Crippen LogP contribution in [0.1, 0.15) is 20.8 Å². The van der Waals surface area contributed by atoms with Crippen LogP contribution in [-0.4, -0.2) is 6.01 Å². The first-order chi connectivity index (χ1) is 4.61. The average Bonchev–Trinajstić information content (AvgIpc) is 1.88. The quantitative estimate of drug-likeness (QED) is 0.504. The van der Waals surface area contributed by atoms with Crippen molar-refractivity contribution in [3.05, 3.63) is 12.0 Å². The first kappa shape index (κ1) is 7.03. The molecule has 0 spiro atoms. The SMILES string of the molecule is CC(C)(C)C1=CON=C=N1. The summed E-state index contributed by atoms with van der Waals surface area (Å²) in [7, 11) is 0. The van der Waals surface area contributed by atoms with Gasteiger partial charge in [0.2, 0.25) is 0 Å². The Labute approximate surface area is 60.1 Å². The maximum absolute atomic E-state index is 4.67. The fourth-order valence-electron chi connectivity index (χ4n) is 0.545. The lowest BCUT2D eigenvalue weighted by Crippen LogP contribution is -2.08. The van der Waals surface area contributed by atoms with Gasteiger partial charge in [-0.1, -0.05) is 20.8 Å². The van der Waals surface area contributed by atoms with Crippen molar-refractivity contribution >= 4 is 6.01 Å². The van der Waals surface area contributed by atoms with Gasteiger partial charge >= 0.3 is 0 Å². The van der Waals surface area contributed by atoms with Crippen molar-refractivity contribution in [2.45, 2.75) is 20.8 Å². The summed E-state index contributed by atoms with van der Waals surface area (Å²) >= 11 is 0. The number of aliphatic imine (C=N–C) groups is 1. The number of hydrogen-bond donors (Lipinski definition) is 0. The lowest BCUT2D eigenvalue weighted by molar-refractivity contribution is 0.254. The van der Waals surface area contributed by atoms with Crippen molar-refractivity contribution in [1.82, 2.24) is 0 Å². The second-order valence-electron chi connectivity index (χ2n) is 3.16. The van der Waals surface area contributed by atoms with Gasteiger partial charge in [0.15, 0.2) is 0 Å². The van der Waals surface area contributed by atoms with Crippen molar-refractivity contribution in [2.75, 3.05) is 0 Å². The van der Waals surface area contributed by atoms with Gasteiger partial charge in [-0.25, -0.2) is 0 Å². The summed E-state index contributed by atoms with van der Waals surface area (Å²) < 4.78 is 0. The van der Waals surface area contributed by atoms with Gasteiger partial charge in [0.05, 0.1) is 5.70 Å². The minimum atomic E-state index is 0.0168. The Morgan fingerprint density at radius 2 is 2.20 bits per heavy atom. The Balaban J connectivity index is 2.85. The van der Waals surface area contributed by atoms with E-state index in [2.05, 4.69) is 41.8 Å². The predicted molar refractivity (Wildman–Crippen MR) is 38.5 cm³/mol. The molecule has 0 aliphatic carbocycles. The molecule has 0 amide bonds. The third kappa shape index (κ3) is 1.45. The van der Waals surface area contributed by atoms with Gasteiger partial charge in [0, 0.05) is 5.41 Å². The normalized spacial score (nSPS) is 16.5. The molecule has 1 aliphatic rings. The Kier molecular flexibility index (Phi) is 1.60. The van der Waals surface area contributed by atoms with E-state index in [1.54, 1.807) is 0 Å². The molecule has 0 aromatic heterocycles. The van der Waals surface area contributed by atoms with Crippen molar-refractivity contribution in [3.8, 4) is 0 Å². The first-order valence-electron chi connectivity index (χ1n) is 3.13. The van der Waals surface area contributed by atoms with Crippen LogP contribution in [0.3, 0.4) is 0 Å². The maximum atomic E-state index is 4.67. The van der Waals surface area contributed by atoms with Crippen LogP contribution in [0.25, 0.3) is 0 Å². The van der Waals surface area contributed by atoms with Gasteiger partial charge in [0.25, 0.3) is 0 Å². The number of rotatable bonds is 0. The molecule has 10 heavy (non-hydrogen) atoms. The Hall–Kier alpha value is -1.08. The Morgan fingerprint density at radius 1 is 1.50 bits per heavy atom. The minimum Gasteiger partial charge on any atom is -0.353 e. The van der Waals surface area contributed by atoms with Crippen LogP contribution in [0, 0.1) is 5.41 Å². The molecule has 0 radical (unpaired) electrons. The van der Waals surface area contributed by atoms with Gasteiger partial charge in [-0.05, 0) is 5.16 Å². The fourth-order valence-corrected chi connectivity index (χ4v) is 0.545. The van der Waals surface area contributed by atoms with E-state index < -0.39 is 0 Å². The molecular formula is C7H10N2O. The standard InChI is InChI=1S/C7H10N2O/c1-7(2,3)6-4-10-9-5-8-6/h4H,1-3H3. The lowest BCUT2D eigenvalue weighted by Gasteiger charge is -2.17. The summed E-state index contributed by atoms with van der Waals surface area (Å²) in [6.45, 7) is 6.16. The molecule has 0 aromatic rings.